The number of ketones is 2. The fraction of sp³-hybridized carbons (Fsp3) is 0.667. The van der Waals surface area contributed by atoms with Gasteiger partial charge in [-0.3, -0.25) is 19.2 Å². The summed E-state index contributed by atoms with van der Waals surface area (Å²) < 4.78 is 10.7. The van der Waals surface area contributed by atoms with Gasteiger partial charge in [0.15, 0.2) is 11.5 Å². The summed E-state index contributed by atoms with van der Waals surface area (Å²) in [5.74, 6) is -1.16. The Morgan fingerprint density at radius 1 is 1.13 bits per heavy atom. The summed E-state index contributed by atoms with van der Waals surface area (Å²) in [5, 5.41) is 0. The number of fused-ring (bicyclic) bond motifs is 5. The van der Waals surface area contributed by atoms with Gasteiger partial charge < -0.3 is 9.47 Å². The van der Waals surface area contributed by atoms with Crippen molar-refractivity contribution in [1.29, 1.82) is 0 Å². The van der Waals surface area contributed by atoms with E-state index in [4.69, 9.17) is 9.47 Å². The van der Waals surface area contributed by atoms with Crippen LogP contribution in [0.1, 0.15) is 66.2 Å². The molecule has 0 aliphatic heterocycles. The third kappa shape index (κ3) is 3.07. The van der Waals surface area contributed by atoms with Crippen LogP contribution in [0.2, 0.25) is 0 Å². The smallest absolute Gasteiger partial charge is 0.308 e. The Bertz CT molecular complexity index is 882. The molecule has 0 unspecified atom stereocenters. The van der Waals surface area contributed by atoms with Crippen LogP contribution < -0.4 is 0 Å². The molecular weight excluding hydrogens is 384 g/mol. The van der Waals surface area contributed by atoms with Crippen molar-refractivity contribution in [2.24, 2.45) is 28.6 Å². The molecule has 0 N–H and O–H groups in total. The number of allylic oxidation sites excluding steroid dienone is 3. The van der Waals surface area contributed by atoms with Crippen molar-refractivity contribution in [3.8, 4) is 0 Å². The molecule has 4 rings (SSSR count). The Balaban J connectivity index is 1.65. The zero-order valence-corrected chi connectivity index (χ0v) is 18.2. The first-order valence-corrected chi connectivity index (χ1v) is 11.0. The van der Waals surface area contributed by atoms with Crippen molar-refractivity contribution in [2.45, 2.75) is 72.3 Å². The van der Waals surface area contributed by atoms with Gasteiger partial charge in [0.1, 0.15) is 6.10 Å². The number of carbonyl (C=O) groups is 4. The van der Waals surface area contributed by atoms with E-state index in [1.54, 1.807) is 19.1 Å². The molecule has 2 saturated carbocycles. The minimum atomic E-state index is -0.697. The number of hydrogen-bond acceptors (Lipinski definition) is 6. The lowest BCUT2D eigenvalue weighted by molar-refractivity contribution is -0.151. The predicted molar refractivity (Wildman–Crippen MR) is 108 cm³/mol. The summed E-state index contributed by atoms with van der Waals surface area (Å²) in [6.45, 7) is 7.19. The zero-order chi connectivity index (χ0) is 21.8. The van der Waals surface area contributed by atoms with Crippen LogP contribution in [-0.4, -0.2) is 29.6 Å². The van der Waals surface area contributed by atoms with Crippen molar-refractivity contribution in [1.82, 2.24) is 0 Å². The van der Waals surface area contributed by atoms with E-state index in [-0.39, 0.29) is 52.6 Å². The van der Waals surface area contributed by atoms with E-state index in [0.717, 1.165) is 24.8 Å². The van der Waals surface area contributed by atoms with Gasteiger partial charge in [0.05, 0.1) is 0 Å². The first-order chi connectivity index (χ1) is 14.1. The minimum Gasteiger partial charge on any atom is -0.462 e. The molecule has 0 radical (unpaired) electrons. The van der Waals surface area contributed by atoms with Gasteiger partial charge in [-0.05, 0) is 49.2 Å². The summed E-state index contributed by atoms with van der Waals surface area (Å²) in [5.41, 5.74) is 0.235. The van der Waals surface area contributed by atoms with Crippen molar-refractivity contribution in [3.05, 3.63) is 23.5 Å². The average Bonchev–Trinajstić information content (AvgIpc) is 2.93. The molecule has 0 aromatic rings. The number of Topliss-reactive ketones (excluding diaryl/α,β-unsaturated/α-hetero) is 1. The van der Waals surface area contributed by atoms with Crippen molar-refractivity contribution < 1.29 is 28.7 Å². The van der Waals surface area contributed by atoms with E-state index in [2.05, 4.69) is 6.92 Å². The molecule has 4 aliphatic carbocycles. The number of carbonyl (C=O) groups excluding carboxylic acids is 4. The topological polar surface area (TPSA) is 86.7 Å². The maximum atomic E-state index is 13.3. The maximum absolute atomic E-state index is 13.3. The summed E-state index contributed by atoms with van der Waals surface area (Å²) in [6, 6.07) is 0. The standard InChI is InChI=1S/C24H30O6/c1-5-20(27)30-15-6-8-23(3)14(10-15)11-18(26)21-16(23)7-9-24(4)17(21)12-19(22(24)28)29-13(2)25/h11-12,15-17,21H,5-10H2,1-4H3/t15-,16-,17-,21+,23-,24-/m0/s1. The fourth-order valence-corrected chi connectivity index (χ4v) is 6.33. The average molecular weight is 414 g/mol. The van der Waals surface area contributed by atoms with Gasteiger partial charge >= 0.3 is 11.9 Å². The van der Waals surface area contributed by atoms with Crippen LogP contribution in [0, 0.1) is 28.6 Å². The molecule has 30 heavy (non-hydrogen) atoms. The van der Waals surface area contributed by atoms with Crippen LogP contribution in [0.5, 0.6) is 0 Å². The first kappa shape index (κ1) is 21.0. The molecule has 6 atom stereocenters. The van der Waals surface area contributed by atoms with Gasteiger partial charge in [0, 0.05) is 37.0 Å². The molecule has 6 nitrogen and oxygen atoms in total. The quantitative estimate of drug-likeness (QED) is 0.655. The highest BCUT2D eigenvalue weighted by Gasteiger charge is 2.61. The van der Waals surface area contributed by atoms with Crippen LogP contribution in [-0.2, 0) is 28.7 Å². The molecule has 6 heteroatoms. The lowest BCUT2D eigenvalue weighted by Crippen LogP contribution is -2.53. The third-order valence-corrected chi connectivity index (χ3v) is 8.07. The van der Waals surface area contributed by atoms with E-state index in [0.29, 0.717) is 19.3 Å². The molecule has 0 heterocycles. The third-order valence-electron chi connectivity index (χ3n) is 8.07. The van der Waals surface area contributed by atoms with Crippen LogP contribution in [0.25, 0.3) is 0 Å². The van der Waals surface area contributed by atoms with Gasteiger partial charge in [0.2, 0.25) is 5.78 Å². The summed E-state index contributed by atoms with van der Waals surface area (Å²) in [4.78, 5) is 49.5. The number of esters is 2. The lowest BCUT2D eigenvalue weighted by Gasteiger charge is -2.55. The van der Waals surface area contributed by atoms with Crippen LogP contribution in [0.3, 0.4) is 0 Å². The molecule has 162 valence electrons. The second kappa shape index (κ2) is 7.17. The molecule has 4 aliphatic rings. The second-order valence-corrected chi connectivity index (χ2v) is 9.77. The predicted octanol–water partition coefficient (Wildman–Crippen LogP) is 3.69. The highest BCUT2D eigenvalue weighted by Crippen LogP contribution is 2.62. The Hall–Kier alpha value is -2.24. The lowest BCUT2D eigenvalue weighted by atomic mass is 9.47. The molecular formula is C24H30O6. The van der Waals surface area contributed by atoms with Crippen molar-refractivity contribution in [2.75, 3.05) is 0 Å². The molecule has 0 aromatic heterocycles. The summed E-state index contributed by atoms with van der Waals surface area (Å²) >= 11 is 0. The summed E-state index contributed by atoms with van der Waals surface area (Å²) in [6.07, 6.45) is 7.36. The van der Waals surface area contributed by atoms with Gasteiger partial charge in [-0.1, -0.05) is 26.3 Å². The Morgan fingerprint density at radius 3 is 2.50 bits per heavy atom. The monoisotopic (exact) mass is 414 g/mol. The zero-order valence-electron chi connectivity index (χ0n) is 18.2. The van der Waals surface area contributed by atoms with E-state index in [9.17, 15) is 19.2 Å². The van der Waals surface area contributed by atoms with E-state index in [1.165, 1.54) is 6.92 Å². The van der Waals surface area contributed by atoms with Gasteiger partial charge in [0.25, 0.3) is 0 Å². The van der Waals surface area contributed by atoms with Crippen molar-refractivity contribution in [3.63, 3.8) is 0 Å². The molecule has 2 fully saturated rings. The molecule has 0 amide bonds. The second-order valence-electron chi connectivity index (χ2n) is 9.77. The fourth-order valence-electron chi connectivity index (χ4n) is 6.33. The van der Waals surface area contributed by atoms with Gasteiger partial charge in [-0.2, -0.15) is 0 Å². The first-order valence-electron chi connectivity index (χ1n) is 11.0. The van der Waals surface area contributed by atoms with Crippen LogP contribution in [0.4, 0.5) is 0 Å². The van der Waals surface area contributed by atoms with Gasteiger partial charge in [-0.15, -0.1) is 0 Å². The molecule has 0 saturated heterocycles. The number of ether oxygens (including phenoxy) is 2. The van der Waals surface area contributed by atoms with Crippen LogP contribution >= 0.6 is 0 Å². The SMILES string of the molecule is CCC(=O)O[C@H]1CC[C@@]2(C)C(=CC(=O)[C@@H]3[C@@H]2CC[C@]2(C)C(=O)C(OC(C)=O)=C[C@@H]32)C1. The van der Waals surface area contributed by atoms with Crippen LogP contribution in [0.15, 0.2) is 23.5 Å². The van der Waals surface area contributed by atoms with E-state index in [1.807, 2.05) is 6.92 Å². The van der Waals surface area contributed by atoms with Gasteiger partial charge in [-0.25, -0.2) is 0 Å². The Morgan fingerprint density at radius 2 is 1.83 bits per heavy atom. The van der Waals surface area contributed by atoms with E-state index < -0.39 is 11.4 Å². The molecule has 0 bridgehead atoms. The molecule has 0 spiro atoms. The maximum Gasteiger partial charge on any atom is 0.308 e. The summed E-state index contributed by atoms with van der Waals surface area (Å²) in [7, 11) is 0. The minimum absolute atomic E-state index is 0.0407. The highest BCUT2D eigenvalue weighted by molar-refractivity contribution is 6.04. The molecule has 0 aromatic carbocycles. The number of rotatable bonds is 3. The Labute approximate surface area is 177 Å². The Kier molecular flexibility index (Phi) is 5.02. The highest BCUT2D eigenvalue weighted by atomic mass is 16.5. The largest absolute Gasteiger partial charge is 0.462 e. The van der Waals surface area contributed by atoms with E-state index >= 15 is 0 Å². The van der Waals surface area contributed by atoms with Crippen molar-refractivity contribution >= 4 is 23.5 Å². The normalized spacial score (nSPS) is 39.9. The number of hydrogen-bond donors (Lipinski definition) is 0.